The van der Waals surface area contributed by atoms with Crippen molar-refractivity contribution in [1.82, 2.24) is 5.32 Å². The van der Waals surface area contributed by atoms with Crippen molar-refractivity contribution in [2.24, 2.45) is 5.73 Å². The number of aliphatic hydroxyl groups is 1. The van der Waals surface area contributed by atoms with E-state index in [-0.39, 0.29) is 12.5 Å². The normalized spacial score (nSPS) is 20.4. The molecule has 18 heavy (non-hydrogen) atoms. The summed E-state index contributed by atoms with van der Waals surface area (Å²) >= 11 is 1.85. The van der Waals surface area contributed by atoms with Crippen LogP contribution in [0.3, 0.4) is 0 Å². The van der Waals surface area contributed by atoms with Gasteiger partial charge in [0.25, 0.3) is 0 Å². The number of carbonyl (C=O) groups is 1. The second-order valence-electron chi connectivity index (χ2n) is 5.41. The van der Waals surface area contributed by atoms with Crippen LogP contribution in [-0.2, 0) is 4.79 Å². The van der Waals surface area contributed by atoms with E-state index in [1.807, 2.05) is 18.7 Å². The van der Waals surface area contributed by atoms with E-state index in [9.17, 15) is 4.79 Å². The van der Waals surface area contributed by atoms with Gasteiger partial charge in [-0.05, 0) is 44.8 Å². The summed E-state index contributed by atoms with van der Waals surface area (Å²) in [5.74, 6) is 0.763. The molecule has 0 bridgehead atoms. The third-order valence-corrected chi connectivity index (χ3v) is 4.73. The van der Waals surface area contributed by atoms with Gasteiger partial charge in [0.15, 0.2) is 0 Å². The average molecular weight is 274 g/mol. The Morgan fingerprint density at radius 3 is 2.78 bits per heavy atom. The van der Waals surface area contributed by atoms with Crippen molar-refractivity contribution in [3.8, 4) is 0 Å². The third-order valence-electron chi connectivity index (χ3n) is 3.40. The highest BCUT2D eigenvalue weighted by atomic mass is 32.2. The highest BCUT2D eigenvalue weighted by Gasteiger charge is 2.36. The lowest BCUT2D eigenvalue weighted by Gasteiger charge is -2.27. The lowest BCUT2D eigenvalue weighted by atomic mass is 9.95. The summed E-state index contributed by atoms with van der Waals surface area (Å²) in [6.45, 7) is 4.28. The minimum atomic E-state index is -0.554. The molecule has 2 atom stereocenters. The van der Waals surface area contributed by atoms with Gasteiger partial charge in [-0.1, -0.05) is 6.92 Å². The lowest BCUT2D eigenvalue weighted by molar-refractivity contribution is -0.124. The lowest BCUT2D eigenvalue weighted by Crippen LogP contribution is -2.54. The number of hydrogen-bond acceptors (Lipinski definition) is 4. The van der Waals surface area contributed by atoms with Crippen LogP contribution < -0.4 is 11.1 Å². The van der Waals surface area contributed by atoms with Crippen LogP contribution in [-0.4, -0.2) is 40.2 Å². The molecule has 0 aromatic heterocycles. The first-order valence-corrected chi connectivity index (χ1v) is 7.83. The van der Waals surface area contributed by atoms with Crippen molar-refractivity contribution in [2.45, 2.75) is 62.8 Å². The van der Waals surface area contributed by atoms with Crippen molar-refractivity contribution in [2.75, 3.05) is 12.4 Å². The summed E-state index contributed by atoms with van der Waals surface area (Å²) in [5.41, 5.74) is 4.94. The van der Waals surface area contributed by atoms with Crippen LogP contribution in [0.15, 0.2) is 0 Å². The van der Waals surface area contributed by atoms with Gasteiger partial charge < -0.3 is 16.2 Å². The van der Waals surface area contributed by atoms with Crippen LogP contribution in [0.5, 0.6) is 0 Å². The molecule has 0 aromatic carbocycles. The topological polar surface area (TPSA) is 75.3 Å². The molecule has 1 fully saturated rings. The zero-order valence-corrected chi connectivity index (χ0v) is 12.3. The molecule has 0 aliphatic heterocycles. The van der Waals surface area contributed by atoms with E-state index in [4.69, 9.17) is 10.8 Å². The molecule has 1 amide bonds. The molecule has 5 heteroatoms. The highest BCUT2D eigenvalue weighted by Crippen LogP contribution is 2.25. The monoisotopic (exact) mass is 274 g/mol. The fourth-order valence-electron chi connectivity index (χ4n) is 1.92. The Morgan fingerprint density at radius 1 is 1.61 bits per heavy atom. The maximum atomic E-state index is 11.5. The molecule has 1 aliphatic carbocycles. The number of hydrogen-bond donors (Lipinski definition) is 3. The predicted molar refractivity (Wildman–Crippen MR) is 76.6 cm³/mol. The summed E-state index contributed by atoms with van der Waals surface area (Å²) in [6.07, 6.45) is 4.91. The Balaban J connectivity index is 2.22. The number of aliphatic hydroxyl groups excluding tert-OH is 1. The quantitative estimate of drug-likeness (QED) is 0.524. The summed E-state index contributed by atoms with van der Waals surface area (Å²) in [6, 6.07) is 0.489. The number of amides is 1. The SMILES string of the molecule is CC(CCO)SCCCC(C)(NC1CC1)C(N)=O. The van der Waals surface area contributed by atoms with Gasteiger partial charge in [0.05, 0.1) is 5.54 Å². The fourth-order valence-corrected chi connectivity index (χ4v) is 2.91. The number of rotatable bonds is 10. The number of thioether (sulfide) groups is 1. The zero-order valence-electron chi connectivity index (χ0n) is 11.4. The third kappa shape index (κ3) is 5.59. The molecule has 0 spiro atoms. The molecule has 1 aliphatic rings. The molecule has 1 saturated carbocycles. The molecule has 4 nitrogen and oxygen atoms in total. The maximum Gasteiger partial charge on any atom is 0.237 e. The van der Waals surface area contributed by atoms with Gasteiger partial charge in [0.1, 0.15) is 0 Å². The van der Waals surface area contributed by atoms with Crippen LogP contribution in [0.25, 0.3) is 0 Å². The van der Waals surface area contributed by atoms with E-state index in [2.05, 4.69) is 12.2 Å². The van der Waals surface area contributed by atoms with Crippen LogP contribution in [0, 0.1) is 0 Å². The van der Waals surface area contributed by atoms with Gasteiger partial charge in [-0.2, -0.15) is 11.8 Å². The van der Waals surface area contributed by atoms with Gasteiger partial charge >= 0.3 is 0 Å². The number of nitrogens with one attached hydrogen (secondary N) is 1. The minimum Gasteiger partial charge on any atom is -0.396 e. The molecule has 0 aromatic rings. The zero-order chi connectivity index (χ0) is 13.6. The van der Waals surface area contributed by atoms with Crippen molar-refractivity contribution in [3.63, 3.8) is 0 Å². The molecule has 1 rings (SSSR count). The molecule has 0 radical (unpaired) electrons. The van der Waals surface area contributed by atoms with Crippen molar-refractivity contribution in [3.05, 3.63) is 0 Å². The minimum absolute atomic E-state index is 0.246. The van der Waals surface area contributed by atoms with Crippen molar-refractivity contribution in [1.29, 1.82) is 0 Å². The molecular weight excluding hydrogens is 248 g/mol. The number of carbonyl (C=O) groups excluding carboxylic acids is 1. The molecule has 2 unspecified atom stereocenters. The predicted octanol–water partition coefficient (Wildman–Crippen LogP) is 1.27. The second-order valence-corrected chi connectivity index (χ2v) is 6.96. The van der Waals surface area contributed by atoms with E-state index in [1.54, 1.807) is 0 Å². The second kappa shape index (κ2) is 7.36. The van der Waals surface area contributed by atoms with E-state index in [1.165, 1.54) is 0 Å². The Bertz CT molecular complexity index is 272. The fraction of sp³-hybridized carbons (Fsp3) is 0.923. The van der Waals surface area contributed by atoms with Gasteiger partial charge in [-0.3, -0.25) is 4.79 Å². The standard InChI is InChI=1S/C13H26N2O2S/c1-10(6-8-16)18-9-3-7-13(2,12(14)17)15-11-4-5-11/h10-11,15-16H,3-9H2,1-2H3,(H2,14,17). The first-order valence-electron chi connectivity index (χ1n) is 6.78. The van der Waals surface area contributed by atoms with Gasteiger partial charge in [-0.15, -0.1) is 0 Å². The molecule has 106 valence electrons. The number of nitrogens with two attached hydrogens (primary N) is 1. The largest absolute Gasteiger partial charge is 0.396 e. The Kier molecular flexibility index (Phi) is 6.46. The highest BCUT2D eigenvalue weighted by molar-refractivity contribution is 7.99. The maximum absolute atomic E-state index is 11.5. The summed E-state index contributed by atoms with van der Waals surface area (Å²) < 4.78 is 0. The molecule has 4 N–H and O–H groups in total. The van der Waals surface area contributed by atoms with Crippen molar-refractivity contribution >= 4 is 17.7 Å². The summed E-state index contributed by atoms with van der Waals surface area (Å²) in [4.78, 5) is 11.5. The number of primary amides is 1. The first kappa shape index (κ1) is 15.8. The Hall–Kier alpha value is -0.260. The van der Waals surface area contributed by atoms with Crippen molar-refractivity contribution < 1.29 is 9.90 Å². The molecular formula is C13H26N2O2S. The summed E-state index contributed by atoms with van der Waals surface area (Å²) in [7, 11) is 0. The van der Waals surface area contributed by atoms with Crippen LogP contribution in [0.2, 0.25) is 0 Å². The van der Waals surface area contributed by atoms with Gasteiger partial charge in [-0.25, -0.2) is 0 Å². The Morgan fingerprint density at radius 2 is 2.28 bits per heavy atom. The van der Waals surface area contributed by atoms with E-state index in [0.29, 0.717) is 11.3 Å². The van der Waals surface area contributed by atoms with Crippen LogP contribution >= 0.6 is 11.8 Å². The summed E-state index contributed by atoms with van der Waals surface area (Å²) in [5, 5.41) is 12.7. The molecule has 0 heterocycles. The smallest absolute Gasteiger partial charge is 0.237 e. The average Bonchev–Trinajstić information content (AvgIpc) is 3.08. The first-order chi connectivity index (χ1) is 8.48. The van der Waals surface area contributed by atoms with Crippen LogP contribution in [0.1, 0.15) is 46.0 Å². The van der Waals surface area contributed by atoms with E-state index < -0.39 is 5.54 Å². The van der Waals surface area contributed by atoms with Gasteiger partial charge in [0.2, 0.25) is 5.91 Å². The van der Waals surface area contributed by atoms with E-state index in [0.717, 1.165) is 37.9 Å². The van der Waals surface area contributed by atoms with E-state index >= 15 is 0 Å². The molecule has 0 saturated heterocycles. The van der Waals surface area contributed by atoms with Gasteiger partial charge in [0, 0.05) is 17.9 Å². The Labute approximate surface area is 114 Å². The van der Waals surface area contributed by atoms with Crippen LogP contribution in [0.4, 0.5) is 0 Å².